The van der Waals surface area contributed by atoms with E-state index in [4.69, 9.17) is 4.74 Å². The van der Waals surface area contributed by atoms with Crippen molar-refractivity contribution < 1.29 is 9.53 Å². The highest BCUT2D eigenvalue weighted by Crippen LogP contribution is 2.11. The van der Waals surface area contributed by atoms with Crippen molar-refractivity contribution in [1.29, 1.82) is 0 Å². The standard InChI is InChI=1S/C17H27NO2/c1-3-5-6-7-8-13-18-16-11-9-15(10-12-16)17(19)20-14-4-2/h9-12,18H,3-8,13-14H2,1-2H3. The van der Waals surface area contributed by atoms with Crippen LogP contribution in [0.4, 0.5) is 5.69 Å². The van der Waals surface area contributed by atoms with E-state index in [1.54, 1.807) is 0 Å². The Morgan fingerprint density at radius 2 is 1.70 bits per heavy atom. The molecule has 3 heteroatoms. The van der Waals surface area contributed by atoms with E-state index < -0.39 is 0 Å². The molecule has 0 atom stereocenters. The Labute approximate surface area is 122 Å². The zero-order valence-electron chi connectivity index (χ0n) is 12.8. The molecule has 0 aliphatic rings. The number of unbranched alkanes of at least 4 members (excludes halogenated alkanes) is 4. The van der Waals surface area contributed by atoms with Gasteiger partial charge in [0.25, 0.3) is 0 Å². The molecule has 1 rings (SSSR count). The van der Waals surface area contributed by atoms with Gasteiger partial charge >= 0.3 is 5.97 Å². The molecule has 0 aliphatic heterocycles. The Bertz CT molecular complexity index is 373. The number of nitrogens with one attached hydrogen (secondary N) is 1. The lowest BCUT2D eigenvalue weighted by Crippen LogP contribution is -2.06. The van der Waals surface area contributed by atoms with E-state index in [1.165, 1.54) is 32.1 Å². The summed E-state index contributed by atoms with van der Waals surface area (Å²) in [4.78, 5) is 11.6. The normalized spacial score (nSPS) is 10.3. The van der Waals surface area contributed by atoms with Crippen LogP contribution in [-0.4, -0.2) is 19.1 Å². The first kappa shape index (κ1) is 16.5. The fourth-order valence-electron chi connectivity index (χ4n) is 1.96. The molecule has 0 aliphatic carbocycles. The SMILES string of the molecule is CCCCCCCNc1ccc(C(=O)OCCC)cc1. The number of hydrogen-bond acceptors (Lipinski definition) is 3. The van der Waals surface area contributed by atoms with Crippen molar-refractivity contribution in [2.45, 2.75) is 52.4 Å². The highest BCUT2D eigenvalue weighted by molar-refractivity contribution is 5.89. The lowest BCUT2D eigenvalue weighted by Gasteiger charge is -2.07. The van der Waals surface area contributed by atoms with Crippen molar-refractivity contribution in [3.8, 4) is 0 Å². The Kier molecular flexibility index (Phi) is 8.52. The summed E-state index contributed by atoms with van der Waals surface area (Å²) in [5, 5.41) is 3.38. The van der Waals surface area contributed by atoms with E-state index >= 15 is 0 Å². The van der Waals surface area contributed by atoms with E-state index in [9.17, 15) is 4.79 Å². The molecule has 0 heterocycles. The third kappa shape index (κ3) is 6.60. The maximum atomic E-state index is 11.6. The number of carbonyl (C=O) groups is 1. The number of carbonyl (C=O) groups excluding carboxylic acids is 1. The van der Waals surface area contributed by atoms with Crippen LogP contribution in [0.1, 0.15) is 62.7 Å². The Hall–Kier alpha value is -1.51. The van der Waals surface area contributed by atoms with E-state index in [-0.39, 0.29) is 5.97 Å². The highest BCUT2D eigenvalue weighted by atomic mass is 16.5. The Morgan fingerprint density at radius 1 is 1.00 bits per heavy atom. The van der Waals surface area contributed by atoms with Gasteiger partial charge in [-0.2, -0.15) is 0 Å². The van der Waals surface area contributed by atoms with Gasteiger partial charge in [-0.3, -0.25) is 0 Å². The molecule has 0 fully saturated rings. The maximum Gasteiger partial charge on any atom is 0.338 e. The van der Waals surface area contributed by atoms with Crippen LogP contribution in [0.15, 0.2) is 24.3 Å². The van der Waals surface area contributed by atoms with E-state index in [0.29, 0.717) is 12.2 Å². The zero-order chi connectivity index (χ0) is 14.6. The van der Waals surface area contributed by atoms with Gasteiger partial charge in [0.15, 0.2) is 0 Å². The minimum absolute atomic E-state index is 0.238. The second-order valence-electron chi connectivity index (χ2n) is 5.05. The first-order chi connectivity index (χ1) is 9.77. The molecule has 0 saturated heterocycles. The molecule has 112 valence electrons. The average molecular weight is 277 g/mol. The average Bonchev–Trinajstić information content (AvgIpc) is 2.49. The summed E-state index contributed by atoms with van der Waals surface area (Å²) in [5.74, 6) is -0.238. The summed E-state index contributed by atoms with van der Waals surface area (Å²) >= 11 is 0. The summed E-state index contributed by atoms with van der Waals surface area (Å²) in [6.07, 6.45) is 7.25. The van der Waals surface area contributed by atoms with Gasteiger partial charge in [-0.05, 0) is 37.1 Å². The van der Waals surface area contributed by atoms with E-state index in [1.807, 2.05) is 31.2 Å². The van der Waals surface area contributed by atoms with Gasteiger partial charge in [-0.25, -0.2) is 4.79 Å². The van der Waals surface area contributed by atoms with Gasteiger partial charge in [0, 0.05) is 12.2 Å². The van der Waals surface area contributed by atoms with Gasteiger partial charge in [0.2, 0.25) is 0 Å². The number of esters is 1. The van der Waals surface area contributed by atoms with Gasteiger partial charge in [-0.1, -0.05) is 39.5 Å². The van der Waals surface area contributed by atoms with Crippen LogP contribution in [0.25, 0.3) is 0 Å². The Morgan fingerprint density at radius 3 is 2.35 bits per heavy atom. The number of hydrogen-bond donors (Lipinski definition) is 1. The van der Waals surface area contributed by atoms with E-state index in [0.717, 1.165) is 18.7 Å². The van der Waals surface area contributed by atoms with Gasteiger partial charge < -0.3 is 10.1 Å². The number of anilines is 1. The van der Waals surface area contributed by atoms with Crippen molar-refractivity contribution in [1.82, 2.24) is 0 Å². The van der Waals surface area contributed by atoms with E-state index in [2.05, 4.69) is 12.2 Å². The van der Waals surface area contributed by atoms with Crippen molar-refractivity contribution in [3.05, 3.63) is 29.8 Å². The smallest absolute Gasteiger partial charge is 0.338 e. The van der Waals surface area contributed by atoms with Crippen LogP contribution in [0.2, 0.25) is 0 Å². The quantitative estimate of drug-likeness (QED) is 0.500. The predicted octanol–water partition coefficient (Wildman–Crippen LogP) is 4.64. The fourth-order valence-corrected chi connectivity index (χ4v) is 1.96. The molecule has 0 aromatic heterocycles. The third-order valence-corrected chi connectivity index (χ3v) is 3.17. The predicted molar refractivity (Wildman–Crippen MR) is 84.3 cm³/mol. The van der Waals surface area contributed by atoms with Crippen molar-refractivity contribution in [2.75, 3.05) is 18.5 Å². The summed E-state index contributed by atoms with van der Waals surface area (Å²) in [6.45, 7) is 5.69. The molecule has 3 nitrogen and oxygen atoms in total. The minimum Gasteiger partial charge on any atom is -0.462 e. The molecule has 20 heavy (non-hydrogen) atoms. The molecule has 1 aromatic carbocycles. The molecule has 0 saturated carbocycles. The first-order valence-electron chi connectivity index (χ1n) is 7.79. The van der Waals surface area contributed by atoms with Gasteiger partial charge in [0.05, 0.1) is 12.2 Å². The van der Waals surface area contributed by atoms with Crippen molar-refractivity contribution >= 4 is 11.7 Å². The highest BCUT2D eigenvalue weighted by Gasteiger charge is 2.05. The van der Waals surface area contributed by atoms with Crippen LogP contribution >= 0.6 is 0 Å². The minimum atomic E-state index is -0.238. The molecular weight excluding hydrogens is 250 g/mol. The lowest BCUT2D eigenvalue weighted by molar-refractivity contribution is 0.0505. The first-order valence-corrected chi connectivity index (χ1v) is 7.79. The number of ether oxygens (including phenoxy) is 1. The molecule has 0 unspecified atom stereocenters. The summed E-state index contributed by atoms with van der Waals surface area (Å²) in [5.41, 5.74) is 1.68. The third-order valence-electron chi connectivity index (χ3n) is 3.17. The number of rotatable bonds is 10. The zero-order valence-corrected chi connectivity index (χ0v) is 12.8. The molecule has 0 spiro atoms. The second kappa shape index (κ2) is 10.3. The van der Waals surface area contributed by atoms with Crippen LogP contribution in [0.5, 0.6) is 0 Å². The van der Waals surface area contributed by atoms with Crippen LogP contribution < -0.4 is 5.32 Å². The Balaban J connectivity index is 2.26. The van der Waals surface area contributed by atoms with Crippen LogP contribution in [0.3, 0.4) is 0 Å². The molecule has 1 N–H and O–H groups in total. The molecule has 1 aromatic rings. The van der Waals surface area contributed by atoms with Gasteiger partial charge in [0.1, 0.15) is 0 Å². The lowest BCUT2D eigenvalue weighted by atomic mass is 10.1. The van der Waals surface area contributed by atoms with Crippen molar-refractivity contribution in [2.24, 2.45) is 0 Å². The van der Waals surface area contributed by atoms with Crippen molar-refractivity contribution in [3.63, 3.8) is 0 Å². The largest absolute Gasteiger partial charge is 0.462 e. The summed E-state index contributed by atoms with van der Waals surface area (Å²) in [6, 6.07) is 7.51. The van der Waals surface area contributed by atoms with Crippen LogP contribution in [0, 0.1) is 0 Å². The summed E-state index contributed by atoms with van der Waals surface area (Å²) < 4.78 is 5.09. The monoisotopic (exact) mass is 277 g/mol. The fraction of sp³-hybridized carbons (Fsp3) is 0.588. The van der Waals surface area contributed by atoms with Gasteiger partial charge in [-0.15, -0.1) is 0 Å². The maximum absolute atomic E-state index is 11.6. The number of benzene rings is 1. The molecule has 0 bridgehead atoms. The topological polar surface area (TPSA) is 38.3 Å². The molecular formula is C17H27NO2. The molecule has 0 radical (unpaired) electrons. The summed E-state index contributed by atoms with van der Waals surface area (Å²) in [7, 11) is 0. The van der Waals surface area contributed by atoms with Crippen LogP contribution in [-0.2, 0) is 4.74 Å². The second-order valence-corrected chi connectivity index (χ2v) is 5.05. The molecule has 0 amide bonds.